The first-order valence-corrected chi connectivity index (χ1v) is 12.6. The quantitative estimate of drug-likeness (QED) is 0.195. The maximum atomic E-state index is 8.07. The molecule has 4 aromatic rings. The van der Waals surface area contributed by atoms with Gasteiger partial charge in [0.2, 0.25) is 5.88 Å². The number of hydrogen-bond acceptors (Lipinski definition) is 5. The summed E-state index contributed by atoms with van der Waals surface area (Å²) >= 11 is 0. The van der Waals surface area contributed by atoms with E-state index in [9.17, 15) is 0 Å². The summed E-state index contributed by atoms with van der Waals surface area (Å²) in [5, 5.41) is 0. The van der Waals surface area contributed by atoms with E-state index in [4.69, 9.17) is 13.6 Å². The smallest absolute Gasteiger partial charge is 0.216 e. The van der Waals surface area contributed by atoms with Crippen molar-refractivity contribution in [1.29, 1.82) is 0 Å². The number of fused-ring (bicyclic) bond motifs is 1. The number of pyridine rings is 1. The van der Waals surface area contributed by atoms with Crippen LogP contribution in [0.15, 0.2) is 72.9 Å². The molecule has 0 fully saturated rings. The molecule has 1 aromatic heterocycles. The van der Waals surface area contributed by atoms with Crippen LogP contribution in [0.1, 0.15) is 56.8 Å². The fourth-order valence-electron chi connectivity index (χ4n) is 4.16. The van der Waals surface area contributed by atoms with Gasteiger partial charge in [-0.2, -0.15) is 18.8 Å². The number of benzene rings is 3. The summed E-state index contributed by atoms with van der Waals surface area (Å²) in [5.74, 6) is 1.86. The summed E-state index contributed by atoms with van der Waals surface area (Å²) in [6.07, 6.45) is 1.74. The summed E-state index contributed by atoms with van der Waals surface area (Å²) < 4.78 is 36.3. The molecule has 0 amide bonds. The van der Waals surface area contributed by atoms with E-state index in [1.54, 1.807) is 31.1 Å². The average molecular weight is 703 g/mol. The molecular formula is C33H34N3O2Pt-3. The van der Waals surface area contributed by atoms with E-state index in [1.165, 1.54) is 4.90 Å². The Balaban J connectivity index is 0.00000405. The van der Waals surface area contributed by atoms with Gasteiger partial charge in [0.05, 0.1) is 0 Å². The molecule has 0 N–H and O–H groups in total. The minimum absolute atomic E-state index is 0. The molecule has 0 saturated carbocycles. The van der Waals surface area contributed by atoms with E-state index in [2.05, 4.69) is 58.7 Å². The van der Waals surface area contributed by atoms with Gasteiger partial charge in [-0.3, -0.25) is 0 Å². The van der Waals surface area contributed by atoms with Gasteiger partial charge in [0.15, 0.2) is 0 Å². The molecule has 1 aliphatic heterocycles. The molecular weight excluding hydrogens is 665 g/mol. The Labute approximate surface area is 251 Å². The normalized spacial score (nSPS) is 14.6. The van der Waals surface area contributed by atoms with E-state index >= 15 is 0 Å². The summed E-state index contributed by atoms with van der Waals surface area (Å²) in [5.41, 5.74) is 4.12. The number of aromatic nitrogens is 1. The van der Waals surface area contributed by atoms with Crippen molar-refractivity contribution in [2.45, 2.75) is 52.4 Å². The van der Waals surface area contributed by atoms with Crippen LogP contribution in [0.5, 0.6) is 23.1 Å². The Bertz CT molecular complexity index is 1560. The Morgan fingerprint density at radius 2 is 1.41 bits per heavy atom. The third kappa shape index (κ3) is 6.47. The van der Waals surface area contributed by atoms with Crippen molar-refractivity contribution in [2.24, 2.45) is 0 Å². The molecule has 0 bridgehead atoms. The van der Waals surface area contributed by atoms with Crippen LogP contribution in [0.3, 0.4) is 0 Å². The SMILES string of the molecule is [2H]C([2H])([2H])N1[CH-]N(c2[c-]c(Oc3[c-]c(Oc4cc(C(C)(C)C)ccn4)ccc3)ccc2)c2cc(C(C)(C)C)ccc21.[Pt]. The van der Waals surface area contributed by atoms with Crippen molar-refractivity contribution in [3.63, 3.8) is 0 Å². The van der Waals surface area contributed by atoms with E-state index in [-0.39, 0.29) is 31.9 Å². The number of nitrogens with zero attached hydrogens (tertiary/aromatic N) is 3. The van der Waals surface area contributed by atoms with Gasteiger partial charge in [-0.15, -0.1) is 36.0 Å². The molecule has 0 spiro atoms. The largest absolute Gasteiger partial charge is 0.509 e. The van der Waals surface area contributed by atoms with E-state index in [0.29, 0.717) is 34.5 Å². The second-order valence-corrected chi connectivity index (χ2v) is 11.4. The molecule has 0 radical (unpaired) electrons. The molecule has 3 aromatic carbocycles. The van der Waals surface area contributed by atoms with Gasteiger partial charge in [-0.05, 0) is 47.1 Å². The molecule has 2 heterocycles. The number of ether oxygens (including phenoxy) is 2. The zero-order chi connectivity index (χ0) is 29.6. The van der Waals surface area contributed by atoms with Gasteiger partial charge in [0.1, 0.15) is 0 Å². The summed E-state index contributed by atoms with van der Waals surface area (Å²) in [6, 6.07) is 27.2. The monoisotopic (exact) mass is 702 g/mol. The Morgan fingerprint density at radius 3 is 2.10 bits per heavy atom. The van der Waals surface area contributed by atoms with Gasteiger partial charge in [0, 0.05) is 66.1 Å². The maximum Gasteiger partial charge on any atom is 0.216 e. The van der Waals surface area contributed by atoms with Gasteiger partial charge >= 0.3 is 0 Å². The van der Waals surface area contributed by atoms with Crippen LogP contribution in [0.2, 0.25) is 0 Å². The second-order valence-electron chi connectivity index (χ2n) is 11.4. The molecule has 0 unspecified atom stereocenters. The Kier molecular flexibility index (Phi) is 7.01. The molecule has 6 heteroatoms. The topological polar surface area (TPSA) is 37.8 Å². The predicted molar refractivity (Wildman–Crippen MR) is 154 cm³/mol. The zero-order valence-corrected chi connectivity index (χ0v) is 25.3. The molecule has 39 heavy (non-hydrogen) atoms. The van der Waals surface area contributed by atoms with Crippen LogP contribution in [0.4, 0.5) is 17.1 Å². The fourth-order valence-corrected chi connectivity index (χ4v) is 4.16. The van der Waals surface area contributed by atoms with Crippen molar-refractivity contribution in [3.05, 3.63) is 103 Å². The first kappa shape index (κ1) is 24.7. The van der Waals surface area contributed by atoms with E-state index in [0.717, 1.165) is 16.8 Å². The fraction of sp³-hybridized carbons (Fsp3) is 0.273. The molecule has 5 nitrogen and oxygen atoms in total. The number of anilines is 3. The van der Waals surface area contributed by atoms with Crippen molar-refractivity contribution >= 4 is 17.1 Å². The van der Waals surface area contributed by atoms with Crippen LogP contribution in [0.25, 0.3) is 0 Å². The van der Waals surface area contributed by atoms with Crippen molar-refractivity contribution in [1.82, 2.24) is 4.98 Å². The standard InChI is InChI=1S/C33H34N3O2.Pt/c1-32(2,3)23-14-15-29-30(18-23)36(22-35(29)7)25-10-8-11-26(20-25)37-27-12-9-13-28(21-27)38-31-19-24(16-17-34-31)33(4,5)6;/h8-19,22H,1-7H3;/q-3;/i7D3;. The Hall–Kier alpha value is -3.30. The van der Waals surface area contributed by atoms with Crippen LogP contribution in [-0.4, -0.2) is 12.0 Å². The van der Waals surface area contributed by atoms with E-state index in [1.807, 2.05) is 53.4 Å². The minimum Gasteiger partial charge on any atom is -0.509 e. The molecule has 0 aliphatic carbocycles. The van der Waals surface area contributed by atoms with E-state index < -0.39 is 6.98 Å². The van der Waals surface area contributed by atoms with Crippen LogP contribution in [0, 0.1) is 18.8 Å². The van der Waals surface area contributed by atoms with Gasteiger partial charge < -0.3 is 19.3 Å². The first-order chi connectivity index (χ1) is 19.2. The maximum absolute atomic E-state index is 8.07. The number of rotatable bonds is 5. The van der Waals surface area contributed by atoms with Crippen molar-refractivity contribution in [3.8, 4) is 23.1 Å². The third-order valence-electron chi connectivity index (χ3n) is 6.38. The van der Waals surface area contributed by atoms with Gasteiger partial charge in [-0.25, -0.2) is 4.98 Å². The molecule has 206 valence electrons. The second kappa shape index (κ2) is 11.1. The Morgan fingerprint density at radius 1 is 0.769 bits per heavy atom. The molecule has 1 aliphatic rings. The van der Waals surface area contributed by atoms with Crippen LogP contribution < -0.4 is 19.3 Å². The predicted octanol–water partition coefficient (Wildman–Crippen LogP) is 8.57. The van der Waals surface area contributed by atoms with Gasteiger partial charge in [-0.1, -0.05) is 53.7 Å². The summed E-state index contributed by atoms with van der Waals surface area (Å²) in [4.78, 5) is 7.49. The zero-order valence-electron chi connectivity index (χ0n) is 26.0. The molecule has 5 rings (SSSR count). The van der Waals surface area contributed by atoms with Crippen LogP contribution in [-0.2, 0) is 31.9 Å². The summed E-state index contributed by atoms with van der Waals surface area (Å²) in [6.45, 7) is 12.1. The first-order valence-electron chi connectivity index (χ1n) is 14.1. The van der Waals surface area contributed by atoms with Gasteiger partial charge in [0.25, 0.3) is 0 Å². The number of hydrogen-bond donors (Lipinski definition) is 0. The average Bonchev–Trinajstić information content (AvgIpc) is 3.28. The molecule has 0 atom stereocenters. The molecule has 0 saturated heterocycles. The third-order valence-corrected chi connectivity index (χ3v) is 6.38. The minimum atomic E-state index is -2.34. The van der Waals surface area contributed by atoms with Crippen molar-refractivity contribution < 1.29 is 34.7 Å². The van der Waals surface area contributed by atoms with Crippen LogP contribution >= 0.6 is 0 Å². The summed E-state index contributed by atoms with van der Waals surface area (Å²) in [7, 11) is 0. The van der Waals surface area contributed by atoms with Crippen molar-refractivity contribution in [2.75, 3.05) is 16.8 Å².